The SMILES string of the molecule is CCC(C)CC(CC)(CN)N1CCCCC1. The summed E-state index contributed by atoms with van der Waals surface area (Å²) in [6.45, 7) is 10.3. The smallest absolute Gasteiger partial charge is 0.0331 e. The average molecular weight is 226 g/mol. The lowest BCUT2D eigenvalue weighted by Crippen LogP contribution is -2.56. The van der Waals surface area contributed by atoms with Crippen LogP contribution in [0.4, 0.5) is 0 Å². The van der Waals surface area contributed by atoms with Gasteiger partial charge in [-0.05, 0) is 44.7 Å². The summed E-state index contributed by atoms with van der Waals surface area (Å²) >= 11 is 0. The largest absolute Gasteiger partial charge is 0.329 e. The first kappa shape index (κ1) is 14.0. The van der Waals surface area contributed by atoms with Gasteiger partial charge in [-0.15, -0.1) is 0 Å². The van der Waals surface area contributed by atoms with E-state index in [2.05, 4.69) is 25.7 Å². The molecule has 0 radical (unpaired) electrons. The molecule has 0 aromatic rings. The summed E-state index contributed by atoms with van der Waals surface area (Å²) in [5, 5.41) is 0. The van der Waals surface area contributed by atoms with Crippen molar-refractivity contribution in [1.82, 2.24) is 4.90 Å². The number of nitrogens with two attached hydrogens (primary N) is 1. The normalized spacial score (nSPS) is 24.0. The quantitative estimate of drug-likeness (QED) is 0.754. The Kier molecular flexibility index (Phi) is 5.77. The topological polar surface area (TPSA) is 29.3 Å². The predicted molar refractivity (Wildman–Crippen MR) is 71.6 cm³/mol. The summed E-state index contributed by atoms with van der Waals surface area (Å²) < 4.78 is 0. The van der Waals surface area contributed by atoms with Crippen LogP contribution in [0.3, 0.4) is 0 Å². The van der Waals surface area contributed by atoms with Crippen LogP contribution >= 0.6 is 0 Å². The third-order valence-electron chi connectivity index (χ3n) is 4.49. The van der Waals surface area contributed by atoms with Gasteiger partial charge >= 0.3 is 0 Å². The van der Waals surface area contributed by atoms with Crippen molar-refractivity contribution in [3.63, 3.8) is 0 Å². The van der Waals surface area contributed by atoms with Crippen molar-refractivity contribution >= 4 is 0 Å². The van der Waals surface area contributed by atoms with Crippen molar-refractivity contribution in [2.75, 3.05) is 19.6 Å². The molecule has 1 aliphatic heterocycles. The number of likely N-dealkylation sites (tertiary alicyclic amines) is 1. The van der Waals surface area contributed by atoms with E-state index in [-0.39, 0.29) is 5.54 Å². The fraction of sp³-hybridized carbons (Fsp3) is 1.00. The maximum atomic E-state index is 6.11. The zero-order chi connectivity index (χ0) is 12.0. The Morgan fingerprint density at radius 3 is 2.25 bits per heavy atom. The third kappa shape index (κ3) is 3.21. The molecule has 1 aliphatic rings. The highest BCUT2D eigenvalue weighted by Gasteiger charge is 2.35. The minimum Gasteiger partial charge on any atom is -0.329 e. The summed E-state index contributed by atoms with van der Waals surface area (Å²) in [5.74, 6) is 0.797. The standard InChI is InChI=1S/C14H30N2/c1-4-13(3)11-14(5-2,12-15)16-9-7-6-8-10-16/h13H,4-12,15H2,1-3H3. The van der Waals surface area contributed by atoms with E-state index < -0.39 is 0 Å². The Morgan fingerprint density at radius 2 is 1.81 bits per heavy atom. The molecule has 2 nitrogen and oxygen atoms in total. The second-order valence-electron chi connectivity index (χ2n) is 5.55. The Morgan fingerprint density at radius 1 is 1.19 bits per heavy atom. The molecular weight excluding hydrogens is 196 g/mol. The van der Waals surface area contributed by atoms with Crippen LogP contribution in [0.2, 0.25) is 0 Å². The van der Waals surface area contributed by atoms with Gasteiger partial charge in [0.2, 0.25) is 0 Å². The molecule has 0 bridgehead atoms. The van der Waals surface area contributed by atoms with Crippen LogP contribution in [0.5, 0.6) is 0 Å². The van der Waals surface area contributed by atoms with Crippen molar-refractivity contribution in [2.45, 2.75) is 64.8 Å². The van der Waals surface area contributed by atoms with E-state index in [1.165, 1.54) is 51.6 Å². The summed E-state index contributed by atoms with van der Waals surface area (Å²) in [6.07, 6.45) is 7.88. The minimum absolute atomic E-state index is 0.288. The zero-order valence-electron chi connectivity index (χ0n) is 11.5. The van der Waals surface area contributed by atoms with Crippen molar-refractivity contribution in [2.24, 2.45) is 11.7 Å². The van der Waals surface area contributed by atoms with Gasteiger partial charge in [0.15, 0.2) is 0 Å². The molecule has 2 N–H and O–H groups in total. The van der Waals surface area contributed by atoms with Crippen LogP contribution in [-0.2, 0) is 0 Å². The van der Waals surface area contributed by atoms with Gasteiger partial charge in [0.25, 0.3) is 0 Å². The van der Waals surface area contributed by atoms with Crippen LogP contribution in [-0.4, -0.2) is 30.1 Å². The number of piperidine rings is 1. The van der Waals surface area contributed by atoms with E-state index in [9.17, 15) is 0 Å². The molecule has 2 unspecified atom stereocenters. The number of hydrogen-bond acceptors (Lipinski definition) is 2. The molecule has 0 aliphatic carbocycles. The maximum absolute atomic E-state index is 6.11. The predicted octanol–water partition coefficient (Wildman–Crippen LogP) is 3.02. The Hall–Kier alpha value is -0.0800. The Bertz CT molecular complexity index is 181. The lowest BCUT2D eigenvalue weighted by Gasteiger charge is -2.46. The van der Waals surface area contributed by atoms with Gasteiger partial charge in [0, 0.05) is 12.1 Å². The molecule has 16 heavy (non-hydrogen) atoms. The monoisotopic (exact) mass is 226 g/mol. The number of rotatable bonds is 6. The van der Waals surface area contributed by atoms with Crippen molar-refractivity contribution in [3.8, 4) is 0 Å². The van der Waals surface area contributed by atoms with Crippen LogP contribution in [0.15, 0.2) is 0 Å². The van der Waals surface area contributed by atoms with Gasteiger partial charge in [-0.25, -0.2) is 0 Å². The minimum atomic E-state index is 0.288. The Balaban J connectivity index is 2.68. The van der Waals surface area contributed by atoms with Crippen molar-refractivity contribution in [3.05, 3.63) is 0 Å². The summed E-state index contributed by atoms with van der Waals surface area (Å²) in [5.41, 5.74) is 6.40. The Labute approximate surface area is 102 Å². The molecule has 0 aromatic carbocycles. The molecule has 0 spiro atoms. The van der Waals surface area contributed by atoms with Gasteiger partial charge in [-0.3, -0.25) is 4.90 Å². The van der Waals surface area contributed by atoms with Gasteiger partial charge in [-0.1, -0.05) is 33.6 Å². The summed E-state index contributed by atoms with van der Waals surface area (Å²) in [4.78, 5) is 2.68. The highest BCUT2D eigenvalue weighted by atomic mass is 15.2. The second kappa shape index (κ2) is 6.61. The molecule has 1 saturated heterocycles. The third-order valence-corrected chi connectivity index (χ3v) is 4.49. The van der Waals surface area contributed by atoms with Crippen LogP contribution in [0, 0.1) is 5.92 Å². The fourth-order valence-corrected chi connectivity index (χ4v) is 3.02. The van der Waals surface area contributed by atoms with Gasteiger partial charge < -0.3 is 5.73 Å². The van der Waals surface area contributed by atoms with E-state index >= 15 is 0 Å². The molecule has 1 rings (SSSR count). The highest BCUT2D eigenvalue weighted by molar-refractivity contribution is 4.93. The van der Waals surface area contributed by atoms with Crippen LogP contribution in [0.25, 0.3) is 0 Å². The van der Waals surface area contributed by atoms with Gasteiger partial charge in [-0.2, -0.15) is 0 Å². The average Bonchev–Trinajstić information content (AvgIpc) is 2.37. The highest BCUT2D eigenvalue weighted by Crippen LogP contribution is 2.30. The molecule has 2 heteroatoms. The van der Waals surface area contributed by atoms with Gasteiger partial charge in [0.05, 0.1) is 0 Å². The second-order valence-corrected chi connectivity index (χ2v) is 5.55. The molecule has 1 fully saturated rings. The maximum Gasteiger partial charge on any atom is 0.0331 e. The van der Waals surface area contributed by atoms with E-state index in [1.807, 2.05) is 0 Å². The molecule has 1 heterocycles. The lowest BCUT2D eigenvalue weighted by atomic mass is 9.82. The molecule has 0 aromatic heterocycles. The lowest BCUT2D eigenvalue weighted by molar-refractivity contribution is 0.0482. The summed E-state index contributed by atoms with van der Waals surface area (Å²) in [6, 6.07) is 0. The van der Waals surface area contributed by atoms with E-state index in [4.69, 9.17) is 5.73 Å². The first-order valence-electron chi connectivity index (χ1n) is 7.13. The first-order valence-corrected chi connectivity index (χ1v) is 7.13. The number of hydrogen-bond donors (Lipinski definition) is 1. The fourth-order valence-electron chi connectivity index (χ4n) is 3.02. The van der Waals surface area contributed by atoms with Crippen LogP contribution < -0.4 is 5.73 Å². The molecule has 2 atom stereocenters. The van der Waals surface area contributed by atoms with E-state index in [0.717, 1.165) is 12.5 Å². The van der Waals surface area contributed by atoms with Crippen molar-refractivity contribution < 1.29 is 0 Å². The molecule has 0 amide bonds. The van der Waals surface area contributed by atoms with Gasteiger partial charge in [0.1, 0.15) is 0 Å². The summed E-state index contributed by atoms with van der Waals surface area (Å²) in [7, 11) is 0. The zero-order valence-corrected chi connectivity index (χ0v) is 11.5. The van der Waals surface area contributed by atoms with E-state index in [1.54, 1.807) is 0 Å². The van der Waals surface area contributed by atoms with E-state index in [0.29, 0.717) is 0 Å². The number of nitrogens with zero attached hydrogens (tertiary/aromatic N) is 1. The molecule has 0 saturated carbocycles. The molecular formula is C14H30N2. The first-order chi connectivity index (χ1) is 7.68. The molecule has 96 valence electrons. The van der Waals surface area contributed by atoms with Crippen molar-refractivity contribution in [1.29, 1.82) is 0 Å². The van der Waals surface area contributed by atoms with Crippen LogP contribution in [0.1, 0.15) is 59.3 Å².